The van der Waals surface area contributed by atoms with Gasteiger partial charge in [0.05, 0.1) is 14.2 Å². The summed E-state index contributed by atoms with van der Waals surface area (Å²) in [5.74, 6) is 5.88. The molecule has 1 atom stereocenters. The lowest BCUT2D eigenvalue weighted by molar-refractivity contribution is 0.229. The third kappa shape index (κ3) is 9.39. The lowest BCUT2D eigenvalue weighted by atomic mass is 10.2. The van der Waals surface area contributed by atoms with Crippen LogP contribution in [-0.2, 0) is 0 Å². The summed E-state index contributed by atoms with van der Waals surface area (Å²) in [5.41, 5.74) is 2.16. The molecule has 1 N–H and O–H groups in total. The highest BCUT2D eigenvalue weighted by Crippen LogP contribution is 2.03. The van der Waals surface area contributed by atoms with Gasteiger partial charge in [0.25, 0.3) is 0 Å². The first kappa shape index (κ1) is 12.5. The molecule has 0 aliphatic heterocycles. The smallest absolute Gasteiger partial charge is 0.0826 e. The van der Waals surface area contributed by atoms with Crippen LogP contribution in [0.25, 0.3) is 0 Å². The Hall–Kier alpha value is -0.523. The normalized spacial score (nSPS) is 13.9. The van der Waals surface area contributed by atoms with Gasteiger partial charge in [0.15, 0.2) is 0 Å². The summed E-state index contributed by atoms with van der Waals surface area (Å²) < 4.78 is 0. The van der Waals surface area contributed by atoms with E-state index in [0.717, 1.165) is 6.42 Å². The lowest BCUT2D eigenvalue weighted by Gasteiger charge is -2.09. The van der Waals surface area contributed by atoms with Crippen molar-refractivity contribution in [2.45, 2.75) is 45.5 Å². The fourth-order valence-corrected chi connectivity index (χ4v) is 1.57. The largest absolute Gasteiger partial charge is 0.388 e. The SMILES string of the molecule is CCC#CC[C@H](O)/C=C/[Si](C)(C)C. The molecule has 0 aliphatic rings. The predicted octanol–water partition coefficient (Wildman–Crippen LogP) is 2.58. The molecule has 0 amide bonds. The van der Waals surface area contributed by atoms with Gasteiger partial charge in [-0.25, -0.2) is 0 Å². The monoisotopic (exact) mass is 196 g/mol. The van der Waals surface area contributed by atoms with Gasteiger partial charge in [-0.3, -0.25) is 0 Å². The van der Waals surface area contributed by atoms with E-state index in [1.807, 2.05) is 13.0 Å². The number of hydrogen-bond acceptors (Lipinski definition) is 1. The van der Waals surface area contributed by atoms with Crippen LogP contribution in [0.2, 0.25) is 19.6 Å². The Kier molecular flexibility index (Phi) is 5.77. The van der Waals surface area contributed by atoms with Crippen molar-refractivity contribution in [1.82, 2.24) is 0 Å². The van der Waals surface area contributed by atoms with Crippen molar-refractivity contribution < 1.29 is 5.11 Å². The van der Waals surface area contributed by atoms with Crippen LogP contribution in [-0.4, -0.2) is 19.3 Å². The van der Waals surface area contributed by atoms with E-state index in [-0.39, 0.29) is 6.10 Å². The van der Waals surface area contributed by atoms with Crippen LogP contribution in [0, 0.1) is 11.8 Å². The summed E-state index contributed by atoms with van der Waals surface area (Å²) in [6, 6.07) is 0. The zero-order chi connectivity index (χ0) is 10.3. The van der Waals surface area contributed by atoms with E-state index < -0.39 is 8.07 Å². The molecule has 0 aliphatic carbocycles. The summed E-state index contributed by atoms with van der Waals surface area (Å²) >= 11 is 0. The highest BCUT2D eigenvalue weighted by atomic mass is 28.3. The van der Waals surface area contributed by atoms with Gasteiger partial charge in [-0.2, -0.15) is 0 Å². The van der Waals surface area contributed by atoms with Gasteiger partial charge >= 0.3 is 0 Å². The van der Waals surface area contributed by atoms with Crippen molar-refractivity contribution in [2.75, 3.05) is 0 Å². The van der Waals surface area contributed by atoms with Crippen LogP contribution >= 0.6 is 0 Å². The molecule has 74 valence electrons. The fourth-order valence-electron chi connectivity index (χ4n) is 0.770. The minimum atomic E-state index is -1.16. The second-order valence-corrected chi connectivity index (χ2v) is 9.27. The molecule has 0 unspecified atom stereocenters. The Balaban J connectivity index is 3.87. The first-order chi connectivity index (χ1) is 5.95. The number of aliphatic hydroxyl groups is 1. The van der Waals surface area contributed by atoms with Crippen LogP contribution in [0.1, 0.15) is 19.8 Å². The summed E-state index contributed by atoms with van der Waals surface area (Å²) in [6.45, 7) is 8.74. The first-order valence-corrected chi connectivity index (χ1v) is 8.36. The molecule has 0 heterocycles. The minimum Gasteiger partial charge on any atom is -0.388 e. The van der Waals surface area contributed by atoms with Crippen molar-refractivity contribution in [1.29, 1.82) is 0 Å². The third-order valence-electron chi connectivity index (χ3n) is 1.43. The van der Waals surface area contributed by atoms with Crippen molar-refractivity contribution in [2.24, 2.45) is 0 Å². The maximum atomic E-state index is 9.47. The van der Waals surface area contributed by atoms with Gasteiger partial charge in [0.2, 0.25) is 0 Å². The second-order valence-electron chi connectivity index (χ2n) is 4.20. The molecule has 13 heavy (non-hydrogen) atoms. The maximum absolute atomic E-state index is 9.47. The van der Waals surface area contributed by atoms with E-state index in [1.165, 1.54) is 0 Å². The molecule has 0 saturated carbocycles. The second kappa shape index (κ2) is 6.01. The fraction of sp³-hybridized carbons (Fsp3) is 0.636. The van der Waals surface area contributed by atoms with Crippen LogP contribution in [0.4, 0.5) is 0 Å². The number of rotatable bonds is 3. The first-order valence-electron chi connectivity index (χ1n) is 4.79. The predicted molar refractivity (Wildman–Crippen MR) is 61.2 cm³/mol. The van der Waals surface area contributed by atoms with Gasteiger partial charge in [0.1, 0.15) is 0 Å². The molecule has 0 aromatic rings. The van der Waals surface area contributed by atoms with E-state index in [4.69, 9.17) is 0 Å². The maximum Gasteiger partial charge on any atom is 0.0826 e. The molecule has 0 fully saturated rings. The van der Waals surface area contributed by atoms with Gasteiger partial charge < -0.3 is 5.11 Å². The quantitative estimate of drug-likeness (QED) is 0.543. The summed E-state index contributed by atoms with van der Waals surface area (Å²) in [4.78, 5) is 0. The summed E-state index contributed by atoms with van der Waals surface area (Å²) in [7, 11) is -1.16. The Labute approximate surface area is 82.9 Å². The van der Waals surface area contributed by atoms with E-state index in [9.17, 15) is 5.11 Å². The van der Waals surface area contributed by atoms with Crippen molar-refractivity contribution in [3.63, 3.8) is 0 Å². The lowest BCUT2D eigenvalue weighted by Crippen LogP contribution is -2.17. The van der Waals surface area contributed by atoms with Gasteiger partial charge in [-0.15, -0.1) is 11.8 Å². The Morgan fingerprint density at radius 1 is 1.31 bits per heavy atom. The molecule has 0 bridgehead atoms. The molecule has 0 rings (SSSR count). The summed E-state index contributed by atoms with van der Waals surface area (Å²) in [5, 5.41) is 9.47. The minimum absolute atomic E-state index is 0.384. The van der Waals surface area contributed by atoms with Crippen LogP contribution in [0.3, 0.4) is 0 Å². The zero-order valence-corrected chi connectivity index (χ0v) is 10.1. The molecular weight excluding hydrogens is 176 g/mol. The Morgan fingerprint density at radius 2 is 1.92 bits per heavy atom. The average molecular weight is 196 g/mol. The van der Waals surface area contributed by atoms with Crippen LogP contribution < -0.4 is 0 Å². The van der Waals surface area contributed by atoms with Crippen molar-refractivity contribution in [3.05, 3.63) is 11.8 Å². The standard InChI is InChI=1S/C11H20OSi/c1-5-6-7-8-11(12)9-10-13(2,3)4/h9-12H,5,8H2,1-4H3/b10-9+/t11-/m0/s1. The van der Waals surface area contributed by atoms with Crippen LogP contribution in [0.15, 0.2) is 11.8 Å². The Bertz CT molecular complexity index is 214. The topological polar surface area (TPSA) is 20.2 Å². The average Bonchev–Trinajstić information content (AvgIpc) is 2.00. The molecule has 0 spiro atoms. The van der Waals surface area contributed by atoms with E-state index in [2.05, 4.69) is 37.2 Å². The van der Waals surface area contributed by atoms with Crippen LogP contribution in [0.5, 0.6) is 0 Å². The molecule has 0 aromatic carbocycles. The zero-order valence-electron chi connectivity index (χ0n) is 9.09. The molecule has 0 aromatic heterocycles. The number of hydrogen-bond donors (Lipinski definition) is 1. The highest BCUT2D eigenvalue weighted by Gasteiger charge is 2.07. The molecule has 2 heteroatoms. The van der Waals surface area contributed by atoms with E-state index in [1.54, 1.807) is 0 Å². The highest BCUT2D eigenvalue weighted by molar-refractivity contribution is 6.80. The van der Waals surface area contributed by atoms with Gasteiger partial charge in [-0.1, -0.05) is 38.3 Å². The number of aliphatic hydroxyl groups excluding tert-OH is 1. The van der Waals surface area contributed by atoms with Gasteiger partial charge in [-0.05, 0) is 0 Å². The molecule has 0 saturated heterocycles. The summed E-state index contributed by atoms with van der Waals surface area (Å²) in [6.07, 6.45) is 2.93. The Morgan fingerprint density at radius 3 is 2.38 bits per heavy atom. The molecular formula is C11H20OSi. The van der Waals surface area contributed by atoms with E-state index in [0.29, 0.717) is 6.42 Å². The third-order valence-corrected chi connectivity index (χ3v) is 2.62. The molecule has 1 nitrogen and oxygen atoms in total. The molecule has 0 radical (unpaired) electrons. The van der Waals surface area contributed by atoms with E-state index >= 15 is 0 Å². The van der Waals surface area contributed by atoms with Crippen molar-refractivity contribution in [3.8, 4) is 11.8 Å². The van der Waals surface area contributed by atoms with Gasteiger partial charge in [0, 0.05) is 12.8 Å². The van der Waals surface area contributed by atoms with Crippen molar-refractivity contribution >= 4 is 8.07 Å².